The summed E-state index contributed by atoms with van der Waals surface area (Å²) >= 11 is 5.98. The molecule has 1 saturated heterocycles. The lowest BCUT2D eigenvalue weighted by Crippen LogP contribution is -2.51. The Morgan fingerprint density at radius 3 is 2.42 bits per heavy atom. The van der Waals surface area contributed by atoms with E-state index in [1.807, 2.05) is 30.3 Å². The molecule has 1 aromatic carbocycles. The molecule has 0 spiro atoms. The fourth-order valence-electron chi connectivity index (χ4n) is 3.02. The van der Waals surface area contributed by atoms with Gasteiger partial charge in [0.05, 0.1) is 10.6 Å². The number of halogens is 4. The molecule has 0 atom stereocenters. The predicted molar refractivity (Wildman–Crippen MR) is 108 cm³/mol. The molecule has 7 nitrogen and oxygen atoms in total. The van der Waals surface area contributed by atoms with Crippen LogP contribution in [0.25, 0.3) is 0 Å². The van der Waals surface area contributed by atoms with Crippen LogP contribution in [0.2, 0.25) is 5.02 Å². The molecule has 0 unspecified atom stereocenters. The monoisotopic (exact) mass is 456 g/mol. The second kappa shape index (κ2) is 9.86. The number of piperazine rings is 1. The van der Waals surface area contributed by atoms with Crippen LogP contribution in [0.3, 0.4) is 0 Å². The first-order valence-electron chi connectivity index (χ1n) is 9.44. The van der Waals surface area contributed by atoms with Crippen LogP contribution in [0.1, 0.15) is 11.1 Å². The number of amides is 2. The first-order valence-corrected chi connectivity index (χ1v) is 9.82. The first-order chi connectivity index (χ1) is 14.7. The SMILES string of the molecule is O=C(NCC(=O)N1CCN(c2ncc(C(F)(F)F)cc2Cl)CC1)OCc1ccccc1. The maximum atomic E-state index is 12.8. The number of alkyl carbamates (subject to hydrolysis) is 1. The predicted octanol–water partition coefficient (Wildman–Crippen LogP) is 3.33. The Balaban J connectivity index is 1.44. The van der Waals surface area contributed by atoms with E-state index >= 15 is 0 Å². The number of benzene rings is 1. The largest absolute Gasteiger partial charge is 0.445 e. The van der Waals surface area contributed by atoms with Gasteiger partial charge >= 0.3 is 12.3 Å². The van der Waals surface area contributed by atoms with Crippen molar-refractivity contribution in [2.24, 2.45) is 0 Å². The van der Waals surface area contributed by atoms with Crippen molar-refractivity contribution in [2.45, 2.75) is 12.8 Å². The quantitative estimate of drug-likeness (QED) is 0.747. The number of hydrogen-bond acceptors (Lipinski definition) is 5. The van der Waals surface area contributed by atoms with E-state index in [0.29, 0.717) is 26.2 Å². The lowest BCUT2D eigenvalue weighted by molar-refractivity contribution is -0.137. The highest BCUT2D eigenvalue weighted by molar-refractivity contribution is 6.33. The van der Waals surface area contributed by atoms with Crippen molar-refractivity contribution in [2.75, 3.05) is 37.6 Å². The van der Waals surface area contributed by atoms with Crippen LogP contribution in [0.4, 0.5) is 23.8 Å². The number of nitrogens with one attached hydrogen (secondary N) is 1. The van der Waals surface area contributed by atoms with E-state index in [-0.39, 0.29) is 29.9 Å². The van der Waals surface area contributed by atoms with E-state index in [4.69, 9.17) is 16.3 Å². The molecule has 2 heterocycles. The lowest BCUT2D eigenvalue weighted by atomic mass is 10.2. The number of aromatic nitrogens is 1. The molecule has 1 aromatic heterocycles. The molecule has 0 saturated carbocycles. The van der Waals surface area contributed by atoms with Gasteiger partial charge in [-0.1, -0.05) is 41.9 Å². The van der Waals surface area contributed by atoms with Gasteiger partial charge in [-0.2, -0.15) is 13.2 Å². The molecule has 3 rings (SSSR count). The van der Waals surface area contributed by atoms with Gasteiger partial charge in [0.25, 0.3) is 0 Å². The Morgan fingerprint density at radius 1 is 1.13 bits per heavy atom. The van der Waals surface area contributed by atoms with Gasteiger partial charge in [-0.05, 0) is 11.6 Å². The van der Waals surface area contributed by atoms with Crippen LogP contribution in [-0.2, 0) is 22.3 Å². The molecule has 1 aliphatic heterocycles. The van der Waals surface area contributed by atoms with Crippen molar-refractivity contribution in [3.63, 3.8) is 0 Å². The highest BCUT2D eigenvalue weighted by Gasteiger charge is 2.32. The molecule has 31 heavy (non-hydrogen) atoms. The second-order valence-corrected chi connectivity index (χ2v) is 7.22. The van der Waals surface area contributed by atoms with Crippen LogP contribution in [0.5, 0.6) is 0 Å². The van der Waals surface area contributed by atoms with Crippen molar-refractivity contribution in [1.82, 2.24) is 15.2 Å². The number of hydrogen-bond donors (Lipinski definition) is 1. The Bertz CT molecular complexity index is 920. The number of alkyl halides is 3. The number of carbonyl (C=O) groups excluding carboxylic acids is 2. The highest BCUT2D eigenvalue weighted by atomic mass is 35.5. The Labute approximate surface area is 181 Å². The third-order valence-corrected chi connectivity index (χ3v) is 4.96. The van der Waals surface area contributed by atoms with Gasteiger partial charge < -0.3 is 19.9 Å². The summed E-state index contributed by atoms with van der Waals surface area (Å²) in [7, 11) is 0. The molecule has 11 heteroatoms. The van der Waals surface area contributed by atoms with E-state index in [0.717, 1.165) is 17.8 Å². The number of pyridine rings is 1. The minimum absolute atomic E-state index is 0.0976. The van der Waals surface area contributed by atoms with Crippen LogP contribution < -0.4 is 10.2 Å². The standard InChI is InChI=1S/C20H20ClF3N4O3/c21-16-10-15(20(22,23)24)11-25-18(16)28-8-6-27(7-9-28)17(29)12-26-19(30)31-13-14-4-2-1-3-5-14/h1-5,10-11H,6-9,12-13H2,(H,26,30). The van der Waals surface area contributed by atoms with Gasteiger partial charge in [0.2, 0.25) is 5.91 Å². The van der Waals surface area contributed by atoms with E-state index in [1.54, 1.807) is 9.80 Å². The third kappa shape index (κ3) is 6.24. The maximum Gasteiger partial charge on any atom is 0.417 e. The van der Waals surface area contributed by atoms with Crippen molar-refractivity contribution in [3.8, 4) is 0 Å². The summed E-state index contributed by atoms with van der Waals surface area (Å²) in [6, 6.07) is 9.97. The molecule has 2 amide bonds. The zero-order chi connectivity index (χ0) is 22.4. The number of ether oxygens (including phenoxy) is 1. The van der Waals surface area contributed by atoms with Gasteiger partial charge in [0.15, 0.2) is 0 Å². The Hall–Kier alpha value is -3.01. The van der Waals surface area contributed by atoms with Crippen molar-refractivity contribution in [1.29, 1.82) is 0 Å². The average Bonchev–Trinajstić information content (AvgIpc) is 2.76. The molecular weight excluding hydrogens is 437 g/mol. The minimum atomic E-state index is -4.52. The molecule has 1 aliphatic rings. The fourth-order valence-corrected chi connectivity index (χ4v) is 3.31. The average molecular weight is 457 g/mol. The summed E-state index contributed by atoms with van der Waals surface area (Å²) in [4.78, 5) is 31.2. The lowest BCUT2D eigenvalue weighted by Gasteiger charge is -2.35. The van der Waals surface area contributed by atoms with E-state index in [1.165, 1.54) is 0 Å². The third-order valence-electron chi connectivity index (χ3n) is 4.68. The fraction of sp³-hybridized carbons (Fsp3) is 0.350. The van der Waals surface area contributed by atoms with Crippen molar-refractivity contribution < 1.29 is 27.5 Å². The summed E-state index contributed by atoms with van der Waals surface area (Å²) in [5, 5.41) is 2.32. The summed E-state index contributed by atoms with van der Waals surface area (Å²) in [6.45, 7) is 1.22. The molecule has 0 radical (unpaired) electrons. The summed E-state index contributed by atoms with van der Waals surface area (Å²) in [5.74, 6) is -0.0489. The number of nitrogens with zero attached hydrogens (tertiary/aromatic N) is 3. The van der Waals surface area contributed by atoms with E-state index < -0.39 is 17.8 Å². The first kappa shape index (κ1) is 22.7. The van der Waals surface area contributed by atoms with E-state index in [9.17, 15) is 22.8 Å². The number of carbonyl (C=O) groups is 2. The molecule has 1 fully saturated rings. The van der Waals surface area contributed by atoms with Gasteiger partial charge in [-0.3, -0.25) is 4.79 Å². The number of rotatable bonds is 5. The zero-order valence-corrected chi connectivity index (χ0v) is 17.1. The number of anilines is 1. The zero-order valence-electron chi connectivity index (χ0n) is 16.4. The summed E-state index contributed by atoms with van der Waals surface area (Å²) in [6.07, 6.45) is -4.48. The molecular formula is C20H20ClF3N4O3. The van der Waals surface area contributed by atoms with Crippen molar-refractivity contribution >= 4 is 29.4 Å². The molecule has 0 aliphatic carbocycles. The van der Waals surface area contributed by atoms with Crippen LogP contribution in [-0.4, -0.2) is 54.6 Å². The molecule has 166 valence electrons. The summed E-state index contributed by atoms with van der Waals surface area (Å²) < 4.78 is 43.3. The molecule has 1 N–H and O–H groups in total. The van der Waals surface area contributed by atoms with Crippen LogP contribution in [0, 0.1) is 0 Å². The Kier molecular flexibility index (Phi) is 7.21. The van der Waals surface area contributed by atoms with Gasteiger partial charge in [-0.15, -0.1) is 0 Å². The molecule has 0 bridgehead atoms. The van der Waals surface area contributed by atoms with Gasteiger partial charge in [0.1, 0.15) is 19.0 Å². The van der Waals surface area contributed by atoms with Crippen LogP contribution in [0.15, 0.2) is 42.6 Å². The second-order valence-electron chi connectivity index (χ2n) is 6.81. The van der Waals surface area contributed by atoms with Crippen LogP contribution >= 0.6 is 11.6 Å². The van der Waals surface area contributed by atoms with Crippen molar-refractivity contribution in [3.05, 3.63) is 58.7 Å². The van der Waals surface area contributed by atoms with Gasteiger partial charge in [-0.25, -0.2) is 9.78 Å². The smallest absolute Gasteiger partial charge is 0.417 e. The normalized spacial score (nSPS) is 14.3. The Morgan fingerprint density at radius 2 is 1.81 bits per heavy atom. The highest BCUT2D eigenvalue weighted by Crippen LogP contribution is 2.33. The van der Waals surface area contributed by atoms with Gasteiger partial charge in [0, 0.05) is 32.4 Å². The maximum absolute atomic E-state index is 12.8. The minimum Gasteiger partial charge on any atom is -0.445 e. The van der Waals surface area contributed by atoms with E-state index in [2.05, 4.69) is 10.3 Å². The summed E-state index contributed by atoms with van der Waals surface area (Å²) in [5.41, 5.74) is -0.0871. The molecule has 2 aromatic rings. The topological polar surface area (TPSA) is 74.8 Å².